The lowest BCUT2D eigenvalue weighted by atomic mass is 10.0. The molecule has 0 saturated carbocycles. The lowest BCUT2D eigenvalue weighted by molar-refractivity contribution is -0.305. The fourth-order valence-electron chi connectivity index (χ4n) is 2.72. The molecule has 3 aromatic rings. The Morgan fingerprint density at radius 3 is 2.54 bits per heavy atom. The molecule has 2 aromatic heterocycles. The van der Waals surface area contributed by atoms with Gasteiger partial charge >= 0.3 is 0 Å². The molecule has 7 nitrogen and oxygen atoms in total. The first-order valence-corrected chi connectivity index (χ1v) is 8.88. The molecule has 4 rings (SSSR count). The highest BCUT2D eigenvalue weighted by Crippen LogP contribution is 2.34. The minimum absolute atomic E-state index is 0.144. The van der Waals surface area contributed by atoms with Crippen molar-refractivity contribution < 1.29 is 9.90 Å². The van der Waals surface area contributed by atoms with Crippen LogP contribution in [-0.2, 0) is 4.79 Å². The molecule has 3 heterocycles. The maximum absolute atomic E-state index is 11.2. The van der Waals surface area contributed by atoms with Crippen LogP contribution in [0.3, 0.4) is 0 Å². The third kappa shape index (κ3) is 3.11. The maximum atomic E-state index is 11.2. The van der Waals surface area contributed by atoms with Crippen LogP contribution in [0, 0.1) is 6.92 Å². The topological polar surface area (TPSA) is 96.1 Å². The first-order chi connectivity index (χ1) is 12.6. The van der Waals surface area contributed by atoms with Gasteiger partial charge in [-0.1, -0.05) is 41.6 Å². The zero-order valence-corrected chi connectivity index (χ0v) is 14.7. The fraction of sp³-hybridized carbons (Fsp3) is 0.167. The number of aromatic nitrogens is 4. The van der Waals surface area contributed by atoms with E-state index in [1.54, 1.807) is 17.1 Å². The normalized spacial score (nSPS) is 16.0. The van der Waals surface area contributed by atoms with Crippen molar-refractivity contribution in [3.05, 3.63) is 59.9 Å². The molecule has 26 heavy (non-hydrogen) atoms. The van der Waals surface area contributed by atoms with Crippen LogP contribution < -0.4 is 5.11 Å². The van der Waals surface area contributed by atoms with Gasteiger partial charge in [0.15, 0.2) is 5.82 Å². The molecule has 0 spiro atoms. The second kappa shape index (κ2) is 6.72. The summed E-state index contributed by atoms with van der Waals surface area (Å²) in [5, 5.41) is 24.5. The summed E-state index contributed by atoms with van der Waals surface area (Å²) >= 11 is 1.33. The first kappa shape index (κ1) is 16.5. The van der Waals surface area contributed by atoms with Gasteiger partial charge in [-0.3, -0.25) is 4.98 Å². The van der Waals surface area contributed by atoms with Crippen molar-refractivity contribution in [3.8, 4) is 11.4 Å². The Labute approximate surface area is 153 Å². The van der Waals surface area contributed by atoms with E-state index in [0.717, 1.165) is 16.7 Å². The van der Waals surface area contributed by atoms with Gasteiger partial charge in [-0.15, -0.1) is 10.2 Å². The Bertz CT molecular complexity index is 983. The van der Waals surface area contributed by atoms with E-state index in [4.69, 9.17) is 5.10 Å². The van der Waals surface area contributed by atoms with Crippen molar-refractivity contribution in [3.63, 3.8) is 0 Å². The van der Waals surface area contributed by atoms with E-state index in [1.807, 2.05) is 43.3 Å². The molecule has 1 aliphatic rings. The standard InChI is InChI=1S/C18H15N5O2S/c1-11-2-4-12(5-3-11)16-14(10-15(24)25)26-18-21-20-17(23(18)22-16)13-6-8-19-9-7-13/h2-9,14H,10H2,1H3,(H,24,25)/p-1/t14-/m1/s1. The predicted octanol–water partition coefficient (Wildman–Crippen LogP) is 1.52. The average Bonchev–Trinajstić information content (AvgIpc) is 3.05. The highest BCUT2D eigenvalue weighted by atomic mass is 32.2. The number of carboxylic acid groups (broad SMARTS) is 1. The van der Waals surface area contributed by atoms with Gasteiger partial charge in [0, 0.05) is 30.3 Å². The van der Waals surface area contributed by atoms with Gasteiger partial charge in [-0.25, -0.2) is 0 Å². The highest BCUT2D eigenvalue weighted by Gasteiger charge is 2.29. The van der Waals surface area contributed by atoms with Gasteiger partial charge < -0.3 is 9.90 Å². The van der Waals surface area contributed by atoms with Crippen molar-refractivity contribution in [1.82, 2.24) is 19.9 Å². The minimum atomic E-state index is -1.12. The molecule has 0 aliphatic carbocycles. The molecule has 130 valence electrons. The number of pyridine rings is 1. The van der Waals surface area contributed by atoms with E-state index >= 15 is 0 Å². The van der Waals surface area contributed by atoms with Crippen LogP contribution in [0.2, 0.25) is 0 Å². The molecule has 0 unspecified atom stereocenters. The number of hydrogen-bond donors (Lipinski definition) is 0. The smallest absolute Gasteiger partial charge is 0.213 e. The van der Waals surface area contributed by atoms with E-state index < -0.39 is 5.97 Å². The van der Waals surface area contributed by atoms with E-state index in [-0.39, 0.29) is 11.7 Å². The van der Waals surface area contributed by atoms with Crippen LogP contribution >= 0.6 is 11.8 Å². The second-order valence-electron chi connectivity index (χ2n) is 5.89. The van der Waals surface area contributed by atoms with Gasteiger partial charge in [-0.05, 0) is 24.6 Å². The zero-order valence-electron chi connectivity index (χ0n) is 13.9. The molecule has 0 saturated heterocycles. The van der Waals surface area contributed by atoms with Crippen LogP contribution in [0.4, 0.5) is 0 Å². The summed E-state index contributed by atoms with van der Waals surface area (Å²) in [6, 6.07) is 11.5. The predicted molar refractivity (Wildman–Crippen MR) is 95.6 cm³/mol. The third-order valence-corrected chi connectivity index (χ3v) is 5.15. The monoisotopic (exact) mass is 364 g/mol. The minimum Gasteiger partial charge on any atom is -0.550 e. The maximum Gasteiger partial charge on any atom is 0.213 e. The Morgan fingerprint density at radius 2 is 1.85 bits per heavy atom. The second-order valence-corrected chi connectivity index (χ2v) is 7.06. The Hall–Kier alpha value is -3.00. The van der Waals surface area contributed by atoms with Gasteiger partial charge in [0.25, 0.3) is 0 Å². The van der Waals surface area contributed by atoms with Crippen LogP contribution in [-0.4, -0.2) is 36.8 Å². The molecule has 1 aliphatic heterocycles. The van der Waals surface area contributed by atoms with Gasteiger partial charge in [0.05, 0.1) is 11.0 Å². The van der Waals surface area contributed by atoms with Crippen molar-refractivity contribution >= 4 is 23.4 Å². The number of hydrogen-bond acceptors (Lipinski definition) is 7. The first-order valence-electron chi connectivity index (χ1n) is 8.00. The highest BCUT2D eigenvalue weighted by molar-refractivity contribution is 8.00. The third-order valence-electron chi connectivity index (χ3n) is 4.01. The molecular formula is C18H14N5O2S-. The van der Waals surface area contributed by atoms with E-state index in [2.05, 4.69) is 15.2 Å². The number of carboxylic acids is 1. The molecule has 1 atom stereocenters. The number of rotatable bonds is 4. The summed E-state index contributed by atoms with van der Waals surface area (Å²) in [7, 11) is 0. The summed E-state index contributed by atoms with van der Waals surface area (Å²) in [5.41, 5.74) is 3.50. The molecule has 0 amide bonds. The van der Waals surface area contributed by atoms with E-state index in [0.29, 0.717) is 16.7 Å². The van der Waals surface area contributed by atoms with E-state index in [9.17, 15) is 9.90 Å². The summed E-state index contributed by atoms with van der Waals surface area (Å²) in [6.07, 6.45) is 3.21. The Balaban J connectivity index is 1.82. The molecule has 0 N–H and O–H groups in total. The van der Waals surface area contributed by atoms with E-state index in [1.165, 1.54) is 11.8 Å². The van der Waals surface area contributed by atoms with Gasteiger partial charge in [-0.2, -0.15) is 9.78 Å². The quantitative estimate of drug-likeness (QED) is 0.696. The summed E-state index contributed by atoms with van der Waals surface area (Å²) in [6.45, 7) is 2.00. The number of benzene rings is 1. The number of aryl methyl sites for hydroxylation is 1. The number of carbonyl (C=O) groups is 1. The lowest BCUT2D eigenvalue weighted by Crippen LogP contribution is -2.32. The summed E-state index contributed by atoms with van der Waals surface area (Å²) in [4.78, 5) is 15.2. The SMILES string of the molecule is Cc1ccc(C2=Nn3c(nnc3-c3ccncc3)S[C@@H]2CC(=O)[O-])cc1. The number of carbonyl (C=O) groups excluding carboxylic acids is 1. The number of nitrogens with zero attached hydrogens (tertiary/aromatic N) is 5. The summed E-state index contributed by atoms with van der Waals surface area (Å²) < 4.78 is 1.65. The number of fused-ring (bicyclic) bond motifs is 1. The van der Waals surface area contributed by atoms with Crippen LogP contribution in [0.5, 0.6) is 0 Å². The van der Waals surface area contributed by atoms with Crippen molar-refractivity contribution in [2.45, 2.75) is 23.8 Å². The van der Waals surface area contributed by atoms with Crippen molar-refractivity contribution in [2.24, 2.45) is 5.10 Å². The zero-order chi connectivity index (χ0) is 18.1. The molecular weight excluding hydrogens is 350 g/mol. The largest absolute Gasteiger partial charge is 0.550 e. The van der Waals surface area contributed by atoms with Gasteiger partial charge in [0.2, 0.25) is 5.16 Å². The Kier molecular flexibility index (Phi) is 4.26. The van der Waals surface area contributed by atoms with Crippen LogP contribution in [0.15, 0.2) is 59.0 Å². The lowest BCUT2D eigenvalue weighted by Gasteiger charge is -2.23. The van der Waals surface area contributed by atoms with Crippen molar-refractivity contribution in [1.29, 1.82) is 0 Å². The van der Waals surface area contributed by atoms with Crippen molar-refractivity contribution in [2.75, 3.05) is 0 Å². The summed E-state index contributed by atoms with van der Waals surface area (Å²) in [5.74, 6) is -0.531. The molecule has 1 aromatic carbocycles. The fourth-order valence-corrected chi connectivity index (χ4v) is 3.81. The van der Waals surface area contributed by atoms with Crippen LogP contribution in [0.25, 0.3) is 11.4 Å². The van der Waals surface area contributed by atoms with Gasteiger partial charge in [0.1, 0.15) is 0 Å². The molecule has 0 bridgehead atoms. The molecule has 8 heteroatoms. The molecule has 0 radical (unpaired) electrons. The Morgan fingerprint density at radius 1 is 1.12 bits per heavy atom. The number of aliphatic carboxylic acids is 1. The molecule has 0 fully saturated rings. The number of thioether (sulfide) groups is 1. The average molecular weight is 364 g/mol. The van der Waals surface area contributed by atoms with Crippen LogP contribution in [0.1, 0.15) is 17.5 Å².